The second-order valence-corrected chi connectivity index (χ2v) is 5.63. The van der Waals surface area contributed by atoms with Gasteiger partial charge in [-0.25, -0.2) is 9.97 Å². The van der Waals surface area contributed by atoms with E-state index in [1.54, 1.807) is 31.2 Å². The van der Waals surface area contributed by atoms with Crippen molar-refractivity contribution in [1.29, 1.82) is 0 Å². The minimum Gasteiger partial charge on any atom is -0.351 e. The van der Waals surface area contributed by atoms with E-state index in [-0.39, 0.29) is 5.91 Å². The quantitative estimate of drug-likeness (QED) is 0.865. The Balaban J connectivity index is 2.24. The van der Waals surface area contributed by atoms with Crippen molar-refractivity contribution in [1.82, 2.24) is 15.3 Å². The fourth-order valence-corrected chi connectivity index (χ4v) is 2.35. The molecule has 22 heavy (non-hydrogen) atoms. The lowest BCUT2D eigenvalue weighted by atomic mass is 10.3. The molecule has 1 heterocycles. The molecule has 2 rings (SSSR count). The van der Waals surface area contributed by atoms with Gasteiger partial charge in [0.05, 0.1) is 0 Å². The van der Waals surface area contributed by atoms with Crippen LogP contribution in [0, 0.1) is 6.92 Å². The first kappa shape index (κ1) is 16.5. The highest BCUT2D eigenvalue weighted by molar-refractivity contribution is 6.35. The Bertz CT molecular complexity index is 671. The van der Waals surface area contributed by atoms with E-state index in [1.165, 1.54) is 0 Å². The third-order valence-electron chi connectivity index (χ3n) is 2.74. The molecule has 116 valence electrons. The summed E-state index contributed by atoms with van der Waals surface area (Å²) in [5, 5.41) is 6.80. The van der Waals surface area contributed by atoms with Crippen LogP contribution in [0.5, 0.6) is 0 Å². The third kappa shape index (κ3) is 4.58. The second kappa shape index (κ2) is 7.42. The number of aryl methyl sites for hydroxylation is 1. The molecule has 0 bridgehead atoms. The van der Waals surface area contributed by atoms with Crippen LogP contribution in [-0.2, 0) is 0 Å². The Morgan fingerprint density at radius 1 is 1.14 bits per heavy atom. The molecule has 1 aromatic heterocycles. The summed E-state index contributed by atoms with van der Waals surface area (Å²) in [6.45, 7) is 4.39. The first-order valence-electron chi connectivity index (χ1n) is 6.85. The molecule has 0 radical (unpaired) electrons. The van der Waals surface area contributed by atoms with E-state index in [4.69, 9.17) is 23.2 Å². The van der Waals surface area contributed by atoms with E-state index in [0.29, 0.717) is 39.6 Å². The summed E-state index contributed by atoms with van der Waals surface area (Å²) in [6.07, 6.45) is 0.863. The van der Waals surface area contributed by atoms with Crippen LogP contribution in [-0.4, -0.2) is 22.4 Å². The molecule has 0 atom stereocenters. The number of nitrogens with zero attached hydrogens (tertiary/aromatic N) is 2. The minimum atomic E-state index is -0.223. The molecule has 5 nitrogen and oxygen atoms in total. The molecule has 1 aromatic carbocycles. The van der Waals surface area contributed by atoms with Crippen molar-refractivity contribution < 1.29 is 4.79 Å². The van der Waals surface area contributed by atoms with Gasteiger partial charge < -0.3 is 10.6 Å². The van der Waals surface area contributed by atoms with E-state index >= 15 is 0 Å². The molecule has 0 unspecified atom stereocenters. The number of nitrogens with one attached hydrogen (secondary N) is 2. The zero-order valence-corrected chi connectivity index (χ0v) is 13.8. The van der Waals surface area contributed by atoms with Crippen LogP contribution in [0.1, 0.15) is 29.5 Å². The monoisotopic (exact) mass is 338 g/mol. The molecule has 0 aliphatic rings. The molecule has 2 aromatic rings. The number of carbonyl (C=O) groups is 1. The maximum atomic E-state index is 12.0. The number of rotatable bonds is 5. The van der Waals surface area contributed by atoms with E-state index in [1.807, 2.05) is 6.92 Å². The molecule has 7 heteroatoms. The highest BCUT2D eigenvalue weighted by Crippen LogP contribution is 2.24. The van der Waals surface area contributed by atoms with Gasteiger partial charge in [0, 0.05) is 28.0 Å². The number of halogens is 2. The van der Waals surface area contributed by atoms with Crippen LogP contribution in [0.2, 0.25) is 10.0 Å². The van der Waals surface area contributed by atoms with Gasteiger partial charge in [0.1, 0.15) is 5.69 Å². The normalized spacial score (nSPS) is 10.4. The van der Waals surface area contributed by atoms with Crippen LogP contribution in [0.4, 0.5) is 11.6 Å². The molecule has 1 amide bonds. The molecule has 2 N–H and O–H groups in total. The number of aromatic nitrogens is 2. The Kier molecular flexibility index (Phi) is 5.57. The number of benzene rings is 1. The van der Waals surface area contributed by atoms with Crippen LogP contribution in [0.15, 0.2) is 24.3 Å². The lowest BCUT2D eigenvalue weighted by molar-refractivity contribution is 0.0948. The molecule has 0 spiro atoms. The van der Waals surface area contributed by atoms with Gasteiger partial charge in [-0.1, -0.05) is 30.1 Å². The largest absolute Gasteiger partial charge is 0.351 e. The summed E-state index contributed by atoms with van der Waals surface area (Å²) < 4.78 is 0. The van der Waals surface area contributed by atoms with Crippen LogP contribution in [0.25, 0.3) is 0 Å². The minimum absolute atomic E-state index is 0.223. The lowest BCUT2D eigenvalue weighted by Gasteiger charge is -2.09. The van der Waals surface area contributed by atoms with Crippen molar-refractivity contribution in [2.75, 3.05) is 11.9 Å². The lowest BCUT2D eigenvalue weighted by Crippen LogP contribution is -2.25. The topological polar surface area (TPSA) is 66.9 Å². The van der Waals surface area contributed by atoms with Crippen molar-refractivity contribution in [2.24, 2.45) is 0 Å². The molecular weight excluding hydrogens is 323 g/mol. The van der Waals surface area contributed by atoms with Gasteiger partial charge in [-0.15, -0.1) is 0 Å². The van der Waals surface area contributed by atoms with Gasteiger partial charge in [-0.3, -0.25) is 4.79 Å². The Morgan fingerprint density at radius 3 is 2.45 bits per heavy atom. The Morgan fingerprint density at radius 2 is 1.82 bits per heavy atom. The van der Waals surface area contributed by atoms with Crippen molar-refractivity contribution in [3.05, 3.63) is 45.7 Å². The van der Waals surface area contributed by atoms with Crippen LogP contribution < -0.4 is 10.6 Å². The maximum Gasteiger partial charge on any atom is 0.270 e. The second-order valence-electron chi connectivity index (χ2n) is 4.76. The summed E-state index contributed by atoms with van der Waals surface area (Å²) in [7, 11) is 0. The zero-order valence-electron chi connectivity index (χ0n) is 12.3. The summed E-state index contributed by atoms with van der Waals surface area (Å²) in [4.78, 5) is 20.5. The standard InChI is InChI=1S/C15H16Cl2N4O/c1-3-4-18-14(22)13-5-9(2)19-15(21-13)20-12-7-10(16)6-11(17)8-12/h5-8H,3-4H2,1-2H3,(H,18,22)(H,19,20,21). The Labute approximate surface area is 139 Å². The van der Waals surface area contributed by atoms with E-state index in [2.05, 4.69) is 20.6 Å². The maximum absolute atomic E-state index is 12.0. The van der Waals surface area contributed by atoms with Gasteiger partial charge in [0.2, 0.25) is 5.95 Å². The van der Waals surface area contributed by atoms with E-state index < -0.39 is 0 Å². The highest BCUT2D eigenvalue weighted by atomic mass is 35.5. The molecule has 0 aliphatic heterocycles. The summed E-state index contributed by atoms with van der Waals surface area (Å²) in [6, 6.07) is 6.68. The molecule has 0 saturated carbocycles. The third-order valence-corrected chi connectivity index (χ3v) is 3.18. The summed E-state index contributed by atoms with van der Waals surface area (Å²) in [5.74, 6) is 0.0968. The summed E-state index contributed by atoms with van der Waals surface area (Å²) in [5.41, 5.74) is 1.66. The van der Waals surface area contributed by atoms with Gasteiger partial charge in [0.25, 0.3) is 5.91 Å². The number of anilines is 2. The average Bonchev–Trinajstić information content (AvgIpc) is 2.42. The first-order valence-corrected chi connectivity index (χ1v) is 7.60. The van der Waals surface area contributed by atoms with Gasteiger partial charge in [-0.05, 0) is 37.6 Å². The number of hydrogen-bond donors (Lipinski definition) is 2. The number of hydrogen-bond acceptors (Lipinski definition) is 4. The van der Waals surface area contributed by atoms with Crippen LogP contribution >= 0.6 is 23.2 Å². The van der Waals surface area contributed by atoms with E-state index in [9.17, 15) is 4.79 Å². The highest BCUT2D eigenvalue weighted by Gasteiger charge is 2.10. The zero-order chi connectivity index (χ0) is 16.1. The van der Waals surface area contributed by atoms with Crippen molar-refractivity contribution in [3.63, 3.8) is 0 Å². The SMILES string of the molecule is CCCNC(=O)c1cc(C)nc(Nc2cc(Cl)cc(Cl)c2)n1. The Hall–Kier alpha value is -1.85. The van der Waals surface area contributed by atoms with Crippen LogP contribution in [0.3, 0.4) is 0 Å². The van der Waals surface area contributed by atoms with Gasteiger partial charge in [0.15, 0.2) is 0 Å². The smallest absolute Gasteiger partial charge is 0.270 e. The molecule has 0 saturated heterocycles. The molecular formula is C15H16Cl2N4O. The first-order chi connectivity index (χ1) is 10.5. The van der Waals surface area contributed by atoms with Crippen molar-refractivity contribution in [3.8, 4) is 0 Å². The fourth-order valence-electron chi connectivity index (χ4n) is 1.82. The molecule has 0 aliphatic carbocycles. The fraction of sp³-hybridized carbons (Fsp3) is 0.267. The van der Waals surface area contributed by atoms with Gasteiger partial charge >= 0.3 is 0 Å². The number of carbonyl (C=O) groups excluding carboxylic acids is 1. The van der Waals surface area contributed by atoms with Crippen molar-refractivity contribution in [2.45, 2.75) is 20.3 Å². The van der Waals surface area contributed by atoms with Gasteiger partial charge in [-0.2, -0.15) is 0 Å². The molecule has 0 fully saturated rings. The predicted molar refractivity (Wildman–Crippen MR) is 89.1 cm³/mol. The number of amides is 1. The van der Waals surface area contributed by atoms with Crippen molar-refractivity contribution >= 4 is 40.7 Å². The van der Waals surface area contributed by atoms with E-state index in [0.717, 1.165) is 6.42 Å². The summed E-state index contributed by atoms with van der Waals surface area (Å²) >= 11 is 11.9. The predicted octanol–water partition coefficient (Wildman–Crippen LogP) is 3.98. The average molecular weight is 339 g/mol.